The Labute approximate surface area is 88.8 Å². The maximum absolute atomic E-state index is 11.2. The first-order valence-electron chi connectivity index (χ1n) is 5.23. The fourth-order valence-electron chi connectivity index (χ4n) is 1.31. The molecule has 0 aliphatic heterocycles. The second-order valence-electron chi connectivity index (χ2n) is 3.18. The Balaban J connectivity index is 2.75. The molecule has 1 heterocycles. The number of esters is 1. The van der Waals surface area contributed by atoms with Crippen LogP contribution in [0.15, 0.2) is 4.42 Å². The number of hydrogen-bond acceptors (Lipinski definition) is 5. The molecule has 15 heavy (non-hydrogen) atoms. The summed E-state index contributed by atoms with van der Waals surface area (Å²) in [6.45, 7) is 6.13. The van der Waals surface area contributed by atoms with Crippen molar-refractivity contribution in [3.05, 3.63) is 11.8 Å². The van der Waals surface area contributed by atoms with Gasteiger partial charge in [0, 0.05) is 5.92 Å². The van der Waals surface area contributed by atoms with E-state index in [1.165, 1.54) is 0 Å². The topological polar surface area (TPSA) is 65.2 Å². The molecule has 0 saturated carbocycles. The summed E-state index contributed by atoms with van der Waals surface area (Å²) in [6, 6.07) is 0. The molecule has 0 amide bonds. The quantitative estimate of drug-likeness (QED) is 0.699. The van der Waals surface area contributed by atoms with Gasteiger partial charge in [0.1, 0.15) is 0 Å². The van der Waals surface area contributed by atoms with Crippen LogP contribution in [-0.2, 0) is 4.74 Å². The first kappa shape index (κ1) is 11.7. The van der Waals surface area contributed by atoms with E-state index in [0.29, 0.717) is 12.5 Å². The van der Waals surface area contributed by atoms with Crippen molar-refractivity contribution in [2.45, 2.75) is 39.5 Å². The van der Waals surface area contributed by atoms with Crippen molar-refractivity contribution >= 4 is 5.97 Å². The second-order valence-corrected chi connectivity index (χ2v) is 3.18. The first-order chi connectivity index (χ1) is 7.22. The minimum atomic E-state index is -0.554. The van der Waals surface area contributed by atoms with Gasteiger partial charge in [-0.05, 0) is 19.8 Å². The number of carbonyl (C=O) groups excluding carboxylic acids is 1. The van der Waals surface area contributed by atoms with Crippen molar-refractivity contribution in [1.82, 2.24) is 10.2 Å². The lowest BCUT2D eigenvalue weighted by molar-refractivity contribution is 0.0478. The summed E-state index contributed by atoms with van der Waals surface area (Å²) in [5, 5.41) is 7.50. The smallest absolute Gasteiger partial charge is 0.396 e. The molecule has 0 atom stereocenters. The van der Waals surface area contributed by atoms with E-state index in [1.54, 1.807) is 6.92 Å². The highest BCUT2D eigenvalue weighted by molar-refractivity contribution is 5.83. The molecule has 84 valence electrons. The van der Waals surface area contributed by atoms with Crippen LogP contribution in [0.25, 0.3) is 0 Å². The Kier molecular flexibility index (Phi) is 4.27. The van der Waals surface area contributed by atoms with E-state index in [4.69, 9.17) is 9.15 Å². The van der Waals surface area contributed by atoms with Gasteiger partial charge in [-0.3, -0.25) is 0 Å². The van der Waals surface area contributed by atoms with Gasteiger partial charge in [0.25, 0.3) is 0 Å². The predicted octanol–water partition coefficient (Wildman–Crippen LogP) is 2.15. The second kappa shape index (κ2) is 5.48. The molecule has 0 unspecified atom stereocenters. The van der Waals surface area contributed by atoms with Crippen LogP contribution in [0.1, 0.15) is 56.1 Å². The van der Waals surface area contributed by atoms with Crippen molar-refractivity contribution in [2.75, 3.05) is 6.61 Å². The van der Waals surface area contributed by atoms with Gasteiger partial charge in [-0.2, -0.15) is 0 Å². The zero-order valence-electron chi connectivity index (χ0n) is 9.32. The standard InChI is InChI=1S/C10H16N2O3/c1-4-7(5-2)8-11-12-9(15-8)10(13)14-6-3/h7H,4-6H2,1-3H3. The average molecular weight is 212 g/mol. The van der Waals surface area contributed by atoms with Crippen LogP contribution in [-0.4, -0.2) is 22.8 Å². The summed E-state index contributed by atoms with van der Waals surface area (Å²) >= 11 is 0. The van der Waals surface area contributed by atoms with E-state index >= 15 is 0 Å². The third-order valence-corrected chi connectivity index (χ3v) is 2.23. The Bertz CT molecular complexity index is 318. The van der Waals surface area contributed by atoms with Crippen LogP contribution in [0.4, 0.5) is 0 Å². The highest BCUT2D eigenvalue weighted by atomic mass is 16.5. The Morgan fingerprint density at radius 3 is 2.53 bits per heavy atom. The van der Waals surface area contributed by atoms with Crippen molar-refractivity contribution in [3.8, 4) is 0 Å². The molecule has 0 aliphatic carbocycles. The molecule has 0 fully saturated rings. The first-order valence-corrected chi connectivity index (χ1v) is 5.23. The molecule has 0 aliphatic rings. The fourth-order valence-corrected chi connectivity index (χ4v) is 1.31. The number of ether oxygens (including phenoxy) is 1. The largest absolute Gasteiger partial charge is 0.459 e. The lowest BCUT2D eigenvalue weighted by atomic mass is 10.0. The normalized spacial score (nSPS) is 10.7. The van der Waals surface area contributed by atoms with E-state index in [-0.39, 0.29) is 11.8 Å². The summed E-state index contributed by atoms with van der Waals surface area (Å²) in [4.78, 5) is 11.2. The van der Waals surface area contributed by atoms with Gasteiger partial charge in [-0.1, -0.05) is 13.8 Å². The molecular weight excluding hydrogens is 196 g/mol. The third kappa shape index (κ3) is 2.78. The van der Waals surface area contributed by atoms with Gasteiger partial charge >= 0.3 is 11.9 Å². The van der Waals surface area contributed by atoms with Crippen LogP contribution < -0.4 is 0 Å². The molecule has 0 saturated heterocycles. The molecule has 1 rings (SSSR count). The third-order valence-electron chi connectivity index (χ3n) is 2.23. The van der Waals surface area contributed by atoms with Crippen LogP contribution >= 0.6 is 0 Å². The number of nitrogens with zero attached hydrogens (tertiary/aromatic N) is 2. The van der Waals surface area contributed by atoms with Crippen molar-refractivity contribution in [2.24, 2.45) is 0 Å². The monoisotopic (exact) mass is 212 g/mol. The van der Waals surface area contributed by atoms with Crippen molar-refractivity contribution < 1.29 is 13.9 Å². The maximum atomic E-state index is 11.2. The Morgan fingerprint density at radius 2 is 2.00 bits per heavy atom. The van der Waals surface area contributed by atoms with E-state index in [9.17, 15) is 4.79 Å². The molecule has 0 bridgehead atoms. The minimum Gasteiger partial charge on any atom is -0.459 e. The van der Waals surface area contributed by atoms with Gasteiger partial charge < -0.3 is 9.15 Å². The Morgan fingerprint density at radius 1 is 1.33 bits per heavy atom. The lowest BCUT2D eigenvalue weighted by Crippen LogP contribution is -2.04. The van der Waals surface area contributed by atoms with Crippen molar-refractivity contribution in [1.29, 1.82) is 0 Å². The van der Waals surface area contributed by atoms with E-state index < -0.39 is 5.97 Å². The fraction of sp³-hybridized carbons (Fsp3) is 0.700. The molecule has 5 heteroatoms. The van der Waals surface area contributed by atoms with E-state index in [2.05, 4.69) is 10.2 Å². The molecular formula is C10H16N2O3. The predicted molar refractivity (Wildman–Crippen MR) is 53.6 cm³/mol. The molecule has 0 radical (unpaired) electrons. The van der Waals surface area contributed by atoms with Crippen molar-refractivity contribution in [3.63, 3.8) is 0 Å². The lowest BCUT2D eigenvalue weighted by Gasteiger charge is -2.04. The zero-order valence-corrected chi connectivity index (χ0v) is 9.32. The molecule has 1 aromatic rings. The van der Waals surface area contributed by atoms with Gasteiger partial charge in [-0.15, -0.1) is 10.2 Å². The van der Waals surface area contributed by atoms with Crippen LogP contribution in [0.3, 0.4) is 0 Å². The Hall–Kier alpha value is -1.39. The SMILES string of the molecule is CCOC(=O)c1nnc(C(CC)CC)o1. The molecule has 0 aromatic carbocycles. The molecule has 5 nitrogen and oxygen atoms in total. The number of carbonyl (C=O) groups is 1. The van der Waals surface area contributed by atoms with Crippen LogP contribution in [0, 0.1) is 0 Å². The highest BCUT2D eigenvalue weighted by Crippen LogP contribution is 2.21. The number of rotatable bonds is 5. The maximum Gasteiger partial charge on any atom is 0.396 e. The van der Waals surface area contributed by atoms with Crippen LogP contribution in [0.5, 0.6) is 0 Å². The summed E-state index contributed by atoms with van der Waals surface area (Å²) in [7, 11) is 0. The summed E-state index contributed by atoms with van der Waals surface area (Å²) in [5.74, 6) is 0.129. The molecule has 0 spiro atoms. The van der Waals surface area contributed by atoms with Gasteiger partial charge in [0.15, 0.2) is 0 Å². The summed E-state index contributed by atoms with van der Waals surface area (Å²) in [6.07, 6.45) is 1.84. The van der Waals surface area contributed by atoms with Gasteiger partial charge in [-0.25, -0.2) is 4.79 Å². The zero-order chi connectivity index (χ0) is 11.3. The van der Waals surface area contributed by atoms with E-state index in [1.807, 2.05) is 13.8 Å². The minimum absolute atomic E-state index is 0.0567. The highest BCUT2D eigenvalue weighted by Gasteiger charge is 2.19. The van der Waals surface area contributed by atoms with Gasteiger partial charge in [0.2, 0.25) is 5.89 Å². The van der Waals surface area contributed by atoms with Crippen LogP contribution in [0.2, 0.25) is 0 Å². The average Bonchev–Trinajstić information content (AvgIpc) is 2.69. The number of hydrogen-bond donors (Lipinski definition) is 0. The molecule has 0 N–H and O–H groups in total. The summed E-state index contributed by atoms with van der Waals surface area (Å²) < 4.78 is 10.00. The van der Waals surface area contributed by atoms with Gasteiger partial charge in [0.05, 0.1) is 6.61 Å². The molecule has 1 aromatic heterocycles. The van der Waals surface area contributed by atoms with E-state index in [0.717, 1.165) is 12.8 Å². The number of aromatic nitrogens is 2. The summed E-state index contributed by atoms with van der Waals surface area (Å²) in [5.41, 5.74) is 0.